The van der Waals surface area contributed by atoms with E-state index in [1.807, 2.05) is 6.07 Å². The third-order valence-electron chi connectivity index (χ3n) is 4.27. The first kappa shape index (κ1) is 16.3. The highest BCUT2D eigenvalue weighted by Gasteiger charge is 2.22. The van der Waals surface area contributed by atoms with Crippen molar-refractivity contribution in [1.29, 1.82) is 0 Å². The minimum atomic E-state index is -0.0910. The van der Waals surface area contributed by atoms with Crippen LogP contribution in [0.3, 0.4) is 0 Å². The number of nitrogens with zero attached hydrogens (tertiary/aromatic N) is 4. The Labute approximate surface area is 142 Å². The molecule has 1 aliphatic rings. The third kappa shape index (κ3) is 4.71. The molecule has 1 aliphatic heterocycles. The standard InChI is InChI=1S/C17H24N6O/c24-17(19-8-4-9-23-14-18-13-21-23)20-11-15-7-10-22(12-15)16-5-2-1-3-6-16/h1-3,5-6,13-15H,4,7-12H2,(H2,19,20,24). The van der Waals surface area contributed by atoms with Crippen molar-refractivity contribution < 1.29 is 4.79 Å². The van der Waals surface area contributed by atoms with E-state index >= 15 is 0 Å². The fourth-order valence-corrected chi connectivity index (χ4v) is 2.96. The van der Waals surface area contributed by atoms with Crippen molar-refractivity contribution in [3.05, 3.63) is 43.0 Å². The summed E-state index contributed by atoms with van der Waals surface area (Å²) in [5.41, 5.74) is 1.26. The molecule has 0 bridgehead atoms. The van der Waals surface area contributed by atoms with E-state index in [4.69, 9.17) is 0 Å². The average molecular weight is 328 g/mol. The molecular weight excluding hydrogens is 304 g/mol. The highest BCUT2D eigenvalue weighted by atomic mass is 16.2. The number of rotatable bonds is 7. The maximum Gasteiger partial charge on any atom is 0.314 e. The smallest absolute Gasteiger partial charge is 0.314 e. The van der Waals surface area contributed by atoms with Gasteiger partial charge in [0.15, 0.2) is 0 Å². The number of aromatic nitrogens is 3. The van der Waals surface area contributed by atoms with Gasteiger partial charge in [-0.2, -0.15) is 5.10 Å². The van der Waals surface area contributed by atoms with Crippen LogP contribution >= 0.6 is 0 Å². The van der Waals surface area contributed by atoms with Gasteiger partial charge < -0.3 is 15.5 Å². The van der Waals surface area contributed by atoms with Crippen molar-refractivity contribution in [1.82, 2.24) is 25.4 Å². The largest absolute Gasteiger partial charge is 0.371 e. The highest BCUT2D eigenvalue weighted by Crippen LogP contribution is 2.22. The zero-order valence-electron chi connectivity index (χ0n) is 13.8. The lowest BCUT2D eigenvalue weighted by Crippen LogP contribution is -2.39. The minimum absolute atomic E-state index is 0.0910. The van der Waals surface area contributed by atoms with E-state index in [0.717, 1.165) is 39.0 Å². The Morgan fingerprint density at radius 1 is 1.25 bits per heavy atom. The Kier molecular flexibility index (Phi) is 5.65. The molecule has 24 heavy (non-hydrogen) atoms. The maximum atomic E-state index is 11.8. The van der Waals surface area contributed by atoms with E-state index in [-0.39, 0.29) is 6.03 Å². The molecule has 3 rings (SSSR count). The molecule has 1 aromatic carbocycles. The summed E-state index contributed by atoms with van der Waals surface area (Å²) in [6, 6.07) is 10.3. The number of hydrogen-bond acceptors (Lipinski definition) is 4. The molecule has 1 saturated heterocycles. The number of amides is 2. The predicted molar refractivity (Wildman–Crippen MR) is 92.8 cm³/mol. The van der Waals surface area contributed by atoms with Crippen LogP contribution in [0.2, 0.25) is 0 Å². The monoisotopic (exact) mass is 328 g/mol. The molecule has 0 radical (unpaired) electrons. The first-order chi connectivity index (χ1) is 11.8. The number of benzene rings is 1. The molecule has 0 spiro atoms. The first-order valence-electron chi connectivity index (χ1n) is 8.45. The van der Waals surface area contributed by atoms with Crippen molar-refractivity contribution in [2.45, 2.75) is 19.4 Å². The number of para-hydroxylation sites is 1. The number of carbonyl (C=O) groups is 1. The Morgan fingerprint density at radius 2 is 2.12 bits per heavy atom. The van der Waals surface area contributed by atoms with E-state index in [2.05, 4.69) is 49.9 Å². The first-order valence-corrected chi connectivity index (χ1v) is 8.45. The number of urea groups is 1. The molecule has 1 fully saturated rings. The fraction of sp³-hybridized carbons (Fsp3) is 0.471. The summed E-state index contributed by atoms with van der Waals surface area (Å²) in [5.74, 6) is 0.506. The Balaban J connectivity index is 1.29. The van der Waals surface area contributed by atoms with Gasteiger partial charge in [-0.1, -0.05) is 18.2 Å². The number of nitrogens with one attached hydrogen (secondary N) is 2. The zero-order valence-corrected chi connectivity index (χ0v) is 13.8. The third-order valence-corrected chi connectivity index (χ3v) is 4.27. The molecule has 0 saturated carbocycles. The van der Waals surface area contributed by atoms with Crippen molar-refractivity contribution in [2.24, 2.45) is 5.92 Å². The molecule has 2 N–H and O–H groups in total. The van der Waals surface area contributed by atoms with E-state index in [0.29, 0.717) is 12.5 Å². The molecule has 7 nitrogen and oxygen atoms in total. The Morgan fingerprint density at radius 3 is 2.92 bits per heavy atom. The van der Waals surface area contributed by atoms with E-state index in [9.17, 15) is 4.79 Å². The van der Waals surface area contributed by atoms with Gasteiger partial charge in [-0.05, 0) is 30.9 Å². The highest BCUT2D eigenvalue weighted by molar-refractivity contribution is 5.73. The lowest BCUT2D eigenvalue weighted by molar-refractivity contribution is 0.239. The Bertz CT molecular complexity index is 615. The van der Waals surface area contributed by atoms with E-state index in [1.54, 1.807) is 11.0 Å². The average Bonchev–Trinajstić information content (AvgIpc) is 3.29. The van der Waals surface area contributed by atoms with Crippen molar-refractivity contribution in [2.75, 3.05) is 31.1 Å². The lowest BCUT2D eigenvalue weighted by Gasteiger charge is -2.18. The van der Waals surface area contributed by atoms with Crippen molar-refractivity contribution in [3.8, 4) is 0 Å². The zero-order chi connectivity index (χ0) is 16.6. The summed E-state index contributed by atoms with van der Waals surface area (Å²) < 4.78 is 1.76. The van der Waals surface area contributed by atoms with Crippen LogP contribution in [0.25, 0.3) is 0 Å². The van der Waals surface area contributed by atoms with Gasteiger partial charge in [0, 0.05) is 38.4 Å². The second kappa shape index (κ2) is 8.33. The van der Waals surface area contributed by atoms with Crippen LogP contribution in [0, 0.1) is 5.92 Å². The number of anilines is 1. The molecule has 2 amide bonds. The van der Waals surface area contributed by atoms with Crippen LogP contribution < -0.4 is 15.5 Å². The molecular formula is C17H24N6O. The van der Waals surface area contributed by atoms with Crippen molar-refractivity contribution >= 4 is 11.7 Å². The minimum Gasteiger partial charge on any atom is -0.371 e. The molecule has 1 atom stereocenters. The van der Waals surface area contributed by atoms with Crippen LogP contribution in [0.1, 0.15) is 12.8 Å². The quantitative estimate of drug-likeness (QED) is 0.755. The van der Waals surface area contributed by atoms with Gasteiger partial charge >= 0.3 is 6.03 Å². The molecule has 2 aromatic rings. The van der Waals surface area contributed by atoms with Crippen LogP contribution in [0.15, 0.2) is 43.0 Å². The summed E-state index contributed by atoms with van der Waals surface area (Å²) >= 11 is 0. The van der Waals surface area contributed by atoms with Crippen LogP contribution in [0.4, 0.5) is 10.5 Å². The second-order valence-corrected chi connectivity index (χ2v) is 6.09. The van der Waals surface area contributed by atoms with Gasteiger partial charge in [-0.25, -0.2) is 9.78 Å². The van der Waals surface area contributed by atoms with Gasteiger partial charge in [-0.15, -0.1) is 0 Å². The predicted octanol–water partition coefficient (Wildman–Crippen LogP) is 1.49. The van der Waals surface area contributed by atoms with Crippen LogP contribution in [-0.4, -0.2) is 47.0 Å². The topological polar surface area (TPSA) is 75.1 Å². The summed E-state index contributed by atoms with van der Waals surface area (Å²) in [5, 5.41) is 9.89. The van der Waals surface area contributed by atoms with E-state index < -0.39 is 0 Å². The normalized spacial score (nSPS) is 17.0. The summed E-state index contributed by atoms with van der Waals surface area (Å²) in [4.78, 5) is 18.1. The van der Waals surface area contributed by atoms with E-state index in [1.165, 1.54) is 12.0 Å². The van der Waals surface area contributed by atoms with Gasteiger partial charge in [0.05, 0.1) is 0 Å². The number of hydrogen-bond donors (Lipinski definition) is 2. The van der Waals surface area contributed by atoms with Gasteiger partial charge in [0.25, 0.3) is 0 Å². The Hall–Kier alpha value is -2.57. The van der Waals surface area contributed by atoms with Gasteiger partial charge in [0.2, 0.25) is 0 Å². The molecule has 1 unspecified atom stereocenters. The number of carbonyl (C=O) groups excluding carboxylic acids is 1. The molecule has 128 valence electrons. The molecule has 7 heteroatoms. The van der Waals surface area contributed by atoms with Gasteiger partial charge in [0.1, 0.15) is 12.7 Å². The van der Waals surface area contributed by atoms with Crippen molar-refractivity contribution in [3.63, 3.8) is 0 Å². The summed E-state index contributed by atoms with van der Waals surface area (Å²) in [6.45, 7) is 4.16. The summed E-state index contributed by atoms with van der Waals surface area (Å²) in [7, 11) is 0. The van der Waals surface area contributed by atoms with Crippen LogP contribution in [0.5, 0.6) is 0 Å². The second-order valence-electron chi connectivity index (χ2n) is 6.09. The SMILES string of the molecule is O=C(NCCCn1cncn1)NCC1CCN(c2ccccc2)C1. The molecule has 2 heterocycles. The molecule has 1 aromatic heterocycles. The van der Waals surface area contributed by atoms with Crippen LogP contribution in [-0.2, 0) is 6.54 Å². The summed E-state index contributed by atoms with van der Waals surface area (Å²) in [6.07, 6.45) is 5.14. The maximum absolute atomic E-state index is 11.8. The molecule has 0 aliphatic carbocycles. The lowest BCUT2D eigenvalue weighted by atomic mass is 10.1. The van der Waals surface area contributed by atoms with Gasteiger partial charge in [-0.3, -0.25) is 4.68 Å². The number of aryl methyl sites for hydroxylation is 1. The fourth-order valence-electron chi connectivity index (χ4n) is 2.96.